The first-order valence-electron chi connectivity index (χ1n) is 8.86. The number of carbonyl (C=O) groups excluding carboxylic acids is 1. The van der Waals surface area contributed by atoms with E-state index >= 15 is 0 Å². The molecule has 2 aromatic carbocycles. The molecule has 3 aromatic heterocycles. The van der Waals surface area contributed by atoms with Crippen LogP contribution in [0.15, 0.2) is 60.8 Å². The number of ketones is 1. The molecule has 0 amide bonds. The number of hydrogen-bond acceptors (Lipinski definition) is 4. The monoisotopic (exact) mass is 347 g/mol. The molecule has 0 N–H and O–H groups in total. The largest absolute Gasteiger partial charge is 0.287 e. The molecule has 0 unspecified atom stereocenters. The van der Waals surface area contributed by atoms with Gasteiger partial charge in [0.15, 0.2) is 0 Å². The molecule has 0 fully saturated rings. The zero-order valence-corrected chi connectivity index (χ0v) is 14.5. The van der Waals surface area contributed by atoms with Gasteiger partial charge in [0.25, 0.3) is 0 Å². The van der Waals surface area contributed by atoms with Gasteiger partial charge >= 0.3 is 0 Å². The van der Waals surface area contributed by atoms with Crippen molar-refractivity contribution in [2.24, 2.45) is 0 Å². The minimum Gasteiger partial charge on any atom is -0.287 e. The van der Waals surface area contributed by atoms with E-state index in [9.17, 15) is 4.79 Å². The number of pyridine rings is 3. The minimum atomic E-state index is -0.0732. The van der Waals surface area contributed by atoms with Crippen molar-refractivity contribution in [3.63, 3.8) is 0 Å². The van der Waals surface area contributed by atoms with E-state index in [1.165, 1.54) is 0 Å². The predicted molar refractivity (Wildman–Crippen MR) is 106 cm³/mol. The molecule has 27 heavy (non-hydrogen) atoms. The van der Waals surface area contributed by atoms with Crippen molar-refractivity contribution >= 4 is 38.4 Å². The summed E-state index contributed by atoms with van der Waals surface area (Å²) in [6.45, 7) is 1.98. The van der Waals surface area contributed by atoms with Crippen LogP contribution in [0.5, 0.6) is 0 Å². The first kappa shape index (κ1) is 14.5. The minimum absolute atomic E-state index is 0.0732. The summed E-state index contributed by atoms with van der Waals surface area (Å²) in [5.74, 6) is -0.0732. The highest BCUT2D eigenvalue weighted by Crippen LogP contribution is 2.41. The maximum atomic E-state index is 13.4. The third-order valence-corrected chi connectivity index (χ3v) is 5.43. The lowest BCUT2D eigenvalue weighted by molar-refractivity contribution is 0.103. The van der Waals surface area contributed by atoms with E-state index in [1.807, 2.05) is 61.5 Å². The molecule has 126 valence electrons. The van der Waals surface area contributed by atoms with Crippen LogP contribution in [0, 0.1) is 6.92 Å². The fourth-order valence-corrected chi connectivity index (χ4v) is 4.19. The quantitative estimate of drug-likeness (QED) is 0.369. The number of carbonyl (C=O) groups is 1. The summed E-state index contributed by atoms with van der Waals surface area (Å²) in [4.78, 5) is 27.5. The van der Waals surface area contributed by atoms with Crippen molar-refractivity contribution in [3.05, 3.63) is 77.6 Å². The summed E-state index contributed by atoms with van der Waals surface area (Å²) >= 11 is 0. The molecular formula is C23H13N3O. The molecule has 0 atom stereocenters. The van der Waals surface area contributed by atoms with Crippen LogP contribution < -0.4 is 0 Å². The molecular weight excluding hydrogens is 334 g/mol. The van der Waals surface area contributed by atoms with Gasteiger partial charge < -0.3 is 0 Å². The van der Waals surface area contributed by atoms with Gasteiger partial charge in [-0.05, 0) is 36.1 Å². The Kier molecular flexibility index (Phi) is 2.66. The summed E-state index contributed by atoms with van der Waals surface area (Å²) in [5, 5.41) is 3.80. The summed E-state index contributed by atoms with van der Waals surface area (Å²) < 4.78 is 0. The van der Waals surface area contributed by atoms with E-state index < -0.39 is 0 Å². The number of hydrogen-bond donors (Lipinski definition) is 0. The highest BCUT2D eigenvalue weighted by Gasteiger charge is 2.31. The van der Waals surface area contributed by atoms with Crippen LogP contribution in [0.1, 0.15) is 21.6 Å². The van der Waals surface area contributed by atoms with Gasteiger partial charge in [0.05, 0.1) is 16.6 Å². The molecule has 0 spiro atoms. The average molecular weight is 347 g/mol. The molecule has 0 radical (unpaired) electrons. The first-order chi connectivity index (χ1) is 13.2. The topological polar surface area (TPSA) is 55.7 Å². The van der Waals surface area contributed by atoms with Crippen LogP contribution in [0.2, 0.25) is 0 Å². The van der Waals surface area contributed by atoms with E-state index in [0.29, 0.717) is 17.0 Å². The van der Waals surface area contributed by atoms with Crippen molar-refractivity contribution in [2.75, 3.05) is 0 Å². The second-order valence-electron chi connectivity index (χ2n) is 6.87. The van der Waals surface area contributed by atoms with Crippen molar-refractivity contribution in [1.29, 1.82) is 0 Å². The van der Waals surface area contributed by atoms with E-state index in [-0.39, 0.29) is 5.78 Å². The Morgan fingerprint density at radius 1 is 0.704 bits per heavy atom. The normalized spacial score (nSPS) is 12.7. The van der Waals surface area contributed by atoms with Crippen LogP contribution in [0.25, 0.3) is 44.0 Å². The predicted octanol–water partition coefficient (Wildman–Crippen LogP) is 4.85. The molecule has 0 saturated carbocycles. The fourth-order valence-electron chi connectivity index (χ4n) is 4.19. The maximum Gasteiger partial charge on any atom is 0.214 e. The molecule has 0 bridgehead atoms. The van der Waals surface area contributed by atoms with E-state index in [2.05, 4.69) is 4.98 Å². The smallest absolute Gasteiger partial charge is 0.214 e. The van der Waals surface area contributed by atoms with Crippen molar-refractivity contribution in [1.82, 2.24) is 15.0 Å². The van der Waals surface area contributed by atoms with Crippen molar-refractivity contribution < 1.29 is 4.79 Å². The molecule has 0 saturated heterocycles. The average Bonchev–Trinajstić information content (AvgIpc) is 2.71. The second kappa shape index (κ2) is 4.95. The highest BCUT2D eigenvalue weighted by atomic mass is 16.1. The summed E-state index contributed by atoms with van der Waals surface area (Å²) in [7, 11) is 0. The molecule has 4 heteroatoms. The van der Waals surface area contributed by atoms with E-state index in [0.717, 1.165) is 43.8 Å². The van der Waals surface area contributed by atoms with E-state index in [4.69, 9.17) is 9.97 Å². The zero-order valence-electron chi connectivity index (χ0n) is 14.5. The number of aryl methyl sites for hydroxylation is 1. The van der Waals surface area contributed by atoms with Crippen LogP contribution >= 0.6 is 0 Å². The molecule has 1 aliphatic rings. The molecule has 6 rings (SSSR count). The SMILES string of the molecule is Cc1c2c(nc3ccccc13)-c1nc3ccccc3c3ccnc(c13)C2=O. The van der Waals surface area contributed by atoms with Crippen LogP contribution in [-0.4, -0.2) is 20.7 Å². The number of fused-ring (bicyclic) bond motifs is 5. The van der Waals surface area contributed by atoms with Crippen molar-refractivity contribution in [3.8, 4) is 11.4 Å². The zero-order chi connectivity index (χ0) is 18.1. The van der Waals surface area contributed by atoms with Gasteiger partial charge in [-0.2, -0.15) is 0 Å². The second-order valence-corrected chi connectivity index (χ2v) is 6.87. The number of para-hydroxylation sites is 2. The summed E-state index contributed by atoms with van der Waals surface area (Å²) in [5.41, 5.74) is 5.18. The number of rotatable bonds is 0. The molecule has 0 aliphatic heterocycles. The third kappa shape index (κ3) is 1.77. The Morgan fingerprint density at radius 2 is 1.37 bits per heavy atom. The Bertz CT molecular complexity index is 1450. The Balaban J connectivity index is 1.89. The highest BCUT2D eigenvalue weighted by molar-refractivity contribution is 6.28. The Hall–Kier alpha value is -3.66. The molecule has 4 nitrogen and oxygen atoms in total. The lowest BCUT2D eigenvalue weighted by atomic mass is 9.87. The standard InChI is InChI=1S/C23H13N3O/c1-12-13-6-2-4-8-16(13)25-20-18(12)23(27)22-19-15(10-11-24-22)14-7-3-5-9-17(14)26-21(19)20/h2-11H,1H3. The molecule has 3 heterocycles. The van der Waals surface area contributed by atoms with Crippen LogP contribution in [-0.2, 0) is 0 Å². The molecule has 5 aromatic rings. The number of aromatic nitrogens is 3. The molecule has 1 aliphatic carbocycles. The first-order valence-corrected chi connectivity index (χ1v) is 8.86. The number of nitrogens with zero attached hydrogens (tertiary/aromatic N) is 3. The van der Waals surface area contributed by atoms with Gasteiger partial charge in [0, 0.05) is 22.4 Å². The lowest BCUT2D eigenvalue weighted by Crippen LogP contribution is -2.16. The Morgan fingerprint density at radius 3 is 2.19 bits per heavy atom. The van der Waals surface area contributed by atoms with Gasteiger partial charge in [0.2, 0.25) is 5.78 Å². The van der Waals surface area contributed by atoms with Crippen LogP contribution in [0.3, 0.4) is 0 Å². The van der Waals surface area contributed by atoms with Gasteiger partial charge in [-0.15, -0.1) is 0 Å². The fraction of sp³-hybridized carbons (Fsp3) is 0.0435. The lowest BCUT2D eigenvalue weighted by Gasteiger charge is -2.21. The third-order valence-electron chi connectivity index (χ3n) is 5.43. The Labute approximate surface area is 154 Å². The van der Waals surface area contributed by atoms with Crippen LogP contribution in [0.4, 0.5) is 0 Å². The van der Waals surface area contributed by atoms with Gasteiger partial charge in [0.1, 0.15) is 17.1 Å². The van der Waals surface area contributed by atoms with Gasteiger partial charge in [-0.25, -0.2) is 9.97 Å². The summed E-state index contributed by atoms with van der Waals surface area (Å²) in [6.07, 6.45) is 1.71. The summed E-state index contributed by atoms with van der Waals surface area (Å²) in [6, 6.07) is 17.9. The van der Waals surface area contributed by atoms with E-state index in [1.54, 1.807) is 6.20 Å². The van der Waals surface area contributed by atoms with Gasteiger partial charge in [-0.3, -0.25) is 9.78 Å². The number of benzene rings is 2. The van der Waals surface area contributed by atoms with Crippen molar-refractivity contribution in [2.45, 2.75) is 6.92 Å². The maximum absolute atomic E-state index is 13.4. The van der Waals surface area contributed by atoms with Gasteiger partial charge in [-0.1, -0.05) is 36.4 Å².